The summed E-state index contributed by atoms with van der Waals surface area (Å²) in [6.45, 7) is 3.78. The smallest absolute Gasteiger partial charge is 0.326 e. The molecule has 1 aromatic rings. The van der Waals surface area contributed by atoms with E-state index in [-0.39, 0.29) is 24.7 Å². The van der Waals surface area contributed by atoms with Crippen molar-refractivity contribution >= 4 is 11.9 Å². The zero-order valence-corrected chi connectivity index (χ0v) is 10.7. The van der Waals surface area contributed by atoms with Crippen molar-refractivity contribution < 1.29 is 19.8 Å². The topological polar surface area (TPSA) is 119 Å². The molecule has 0 saturated carbocycles. The number of hydrogen-bond donors (Lipinski definition) is 3. The van der Waals surface area contributed by atoms with Crippen LogP contribution in [0.2, 0.25) is 0 Å². The third-order valence-corrected chi connectivity index (χ3v) is 3.07. The van der Waals surface area contributed by atoms with Crippen LogP contribution in [0.1, 0.15) is 42.6 Å². The molecule has 1 unspecified atom stereocenters. The lowest BCUT2D eigenvalue weighted by molar-refractivity contribution is -0.141. The number of β-amino-alcohol motifs (C(OH)–C–C–N with tert-alkyl or cyclic N) is 1. The lowest BCUT2D eigenvalue weighted by Crippen LogP contribution is -2.41. The van der Waals surface area contributed by atoms with E-state index in [0.29, 0.717) is 5.82 Å². The van der Waals surface area contributed by atoms with Crippen molar-refractivity contribution in [3.63, 3.8) is 0 Å². The zero-order valence-electron chi connectivity index (χ0n) is 10.7. The van der Waals surface area contributed by atoms with Crippen LogP contribution in [-0.4, -0.2) is 60.9 Å². The van der Waals surface area contributed by atoms with Crippen LogP contribution in [0.4, 0.5) is 0 Å². The highest BCUT2D eigenvalue weighted by Crippen LogP contribution is 2.20. The Morgan fingerprint density at radius 2 is 2.16 bits per heavy atom. The fourth-order valence-corrected chi connectivity index (χ4v) is 2.03. The number of aromatic nitrogens is 3. The molecule has 1 aliphatic rings. The summed E-state index contributed by atoms with van der Waals surface area (Å²) in [5.74, 6) is -1.12. The molecule has 0 spiro atoms. The van der Waals surface area contributed by atoms with Crippen molar-refractivity contribution in [1.82, 2.24) is 20.1 Å². The molecule has 0 radical (unpaired) electrons. The predicted molar refractivity (Wildman–Crippen MR) is 63.6 cm³/mol. The second-order valence-electron chi connectivity index (χ2n) is 4.90. The van der Waals surface area contributed by atoms with Crippen LogP contribution < -0.4 is 0 Å². The van der Waals surface area contributed by atoms with Crippen molar-refractivity contribution in [3.05, 3.63) is 11.6 Å². The number of aromatic amines is 1. The van der Waals surface area contributed by atoms with E-state index in [1.165, 1.54) is 0 Å². The molecule has 2 rings (SSSR count). The standard InChI is InChI=1S/C11H16N4O4/c1-5(2)8-12-9(14-13-8)10(17)15-4-6(16)3-7(15)11(18)19/h5-7,16H,3-4H2,1-2H3,(H,18,19)(H,12,13,14)/t6?,7-/m0/s1. The van der Waals surface area contributed by atoms with Crippen LogP contribution in [0, 0.1) is 0 Å². The first-order chi connectivity index (χ1) is 8.90. The Balaban J connectivity index is 2.20. The van der Waals surface area contributed by atoms with Gasteiger partial charge in [0.25, 0.3) is 5.91 Å². The monoisotopic (exact) mass is 268 g/mol. The molecule has 19 heavy (non-hydrogen) atoms. The maximum Gasteiger partial charge on any atom is 0.326 e. The third kappa shape index (κ3) is 2.58. The number of H-pyrrole nitrogens is 1. The molecular weight excluding hydrogens is 252 g/mol. The summed E-state index contributed by atoms with van der Waals surface area (Å²) in [7, 11) is 0. The fraction of sp³-hybridized carbons (Fsp3) is 0.636. The number of nitrogens with one attached hydrogen (secondary N) is 1. The number of rotatable bonds is 3. The summed E-state index contributed by atoms with van der Waals surface area (Å²) in [5, 5.41) is 25.0. The highest BCUT2D eigenvalue weighted by molar-refractivity contribution is 5.94. The number of aliphatic carboxylic acids is 1. The number of carboxylic acids is 1. The van der Waals surface area contributed by atoms with Crippen LogP contribution in [0.25, 0.3) is 0 Å². The van der Waals surface area contributed by atoms with Gasteiger partial charge in [0.2, 0.25) is 5.82 Å². The van der Waals surface area contributed by atoms with Gasteiger partial charge in [-0.25, -0.2) is 9.78 Å². The van der Waals surface area contributed by atoms with Gasteiger partial charge in [0, 0.05) is 18.9 Å². The molecule has 2 heterocycles. The summed E-state index contributed by atoms with van der Waals surface area (Å²) in [4.78, 5) is 28.3. The number of aliphatic hydroxyl groups is 1. The molecule has 1 aliphatic heterocycles. The molecule has 1 saturated heterocycles. The molecule has 2 atom stereocenters. The van der Waals surface area contributed by atoms with Crippen LogP contribution in [0.3, 0.4) is 0 Å². The van der Waals surface area contributed by atoms with E-state index in [9.17, 15) is 14.7 Å². The summed E-state index contributed by atoms with van der Waals surface area (Å²) in [6, 6.07) is -1.02. The van der Waals surface area contributed by atoms with Crippen LogP contribution >= 0.6 is 0 Å². The highest BCUT2D eigenvalue weighted by Gasteiger charge is 2.40. The number of nitrogens with zero attached hydrogens (tertiary/aromatic N) is 3. The fourth-order valence-electron chi connectivity index (χ4n) is 2.03. The van der Waals surface area contributed by atoms with Gasteiger partial charge in [-0.15, -0.1) is 5.10 Å². The lowest BCUT2D eigenvalue weighted by Gasteiger charge is -2.19. The summed E-state index contributed by atoms with van der Waals surface area (Å²) in [6.07, 6.45) is -0.795. The van der Waals surface area contributed by atoms with Crippen molar-refractivity contribution in [2.75, 3.05) is 6.54 Å². The molecular formula is C11H16N4O4. The molecule has 3 N–H and O–H groups in total. The van der Waals surface area contributed by atoms with Gasteiger partial charge in [0.15, 0.2) is 0 Å². The quantitative estimate of drug-likeness (QED) is 0.685. The number of carbonyl (C=O) groups is 2. The van der Waals surface area contributed by atoms with E-state index < -0.39 is 24.0 Å². The van der Waals surface area contributed by atoms with Crippen molar-refractivity contribution in [1.29, 1.82) is 0 Å². The first-order valence-corrected chi connectivity index (χ1v) is 6.04. The van der Waals surface area contributed by atoms with Gasteiger partial charge in [-0.3, -0.25) is 9.89 Å². The van der Waals surface area contributed by atoms with Gasteiger partial charge in [-0.1, -0.05) is 13.8 Å². The van der Waals surface area contributed by atoms with Gasteiger partial charge >= 0.3 is 5.97 Å². The number of aliphatic hydroxyl groups excluding tert-OH is 1. The molecule has 1 fully saturated rings. The molecule has 0 aromatic carbocycles. The van der Waals surface area contributed by atoms with Gasteiger partial charge in [-0.2, -0.15) is 0 Å². The normalized spacial score (nSPS) is 23.1. The maximum absolute atomic E-state index is 12.1. The number of amides is 1. The largest absolute Gasteiger partial charge is 0.480 e. The van der Waals surface area contributed by atoms with Crippen molar-refractivity contribution in [2.45, 2.75) is 38.3 Å². The van der Waals surface area contributed by atoms with Gasteiger partial charge in [0.1, 0.15) is 11.9 Å². The minimum Gasteiger partial charge on any atom is -0.480 e. The third-order valence-electron chi connectivity index (χ3n) is 3.07. The van der Waals surface area contributed by atoms with E-state index in [4.69, 9.17) is 5.11 Å². The Hall–Kier alpha value is -1.96. The summed E-state index contributed by atoms with van der Waals surface area (Å²) >= 11 is 0. The SMILES string of the molecule is CC(C)c1nc(C(=O)N2CC(O)C[C@H]2C(=O)O)n[nH]1. The van der Waals surface area contributed by atoms with Crippen molar-refractivity contribution in [3.8, 4) is 0 Å². The average molecular weight is 268 g/mol. The van der Waals surface area contributed by atoms with Gasteiger partial charge in [-0.05, 0) is 0 Å². The number of carboxylic acid groups (broad SMARTS) is 1. The molecule has 1 amide bonds. The first-order valence-electron chi connectivity index (χ1n) is 6.04. The molecule has 8 heteroatoms. The molecule has 104 valence electrons. The summed E-state index contributed by atoms with van der Waals surface area (Å²) in [5.41, 5.74) is 0. The lowest BCUT2D eigenvalue weighted by atomic mass is 10.2. The van der Waals surface area contributed by atoms with E-state index in [1.807, 2.05) is 13.8 Å². The highest BCUT2D eigenvalue weighted by atomic mass is 16.4. The van der Waals surface area contributed by atoms with Gasteiger partial charge in [0.05, 0.1) is 6.10 Å². The van der Waals surface area contributed by atoms with E-state index in [0.717, 1.165) is 4.90 Å². The van der Waals surface area contributed by atoms with Crippen LogP contribution in [0.15, 0.2) is 0 Å². The van der Waals surface area contributed by atoms with Gasteiger partial charge < -0.3 is 15.1 Å². The number of likely N-dealkylation sites (tertiary alicyclic amines) is 1. The van der Waals surface area contributed by atoms with E-state index in [1.54, 1.807) is 0 Å². The molecule has 0 bridgehead atoms. The number of carbonyl (C=O) groups excluding carboxylic acids is 1. The Morgan fingerprint density at radius 1 is 1.47 bits per heavy atom. The predicted octanol–water partition coefficient (Wildman–Crippen LogP) is -0.412. The Labute approximate surface area is 109 Å². The Morgan fingerprint density at radius 3 is 2.68 bits per heavy atom. The minimum absolute atomic E-state index is 0.0125. The minimum atomic E-state index is -1.13. The van der Waals surface area contributed by atoms with E-state index in [2.05, 4.69) is 15.2 Å². The Kier molecular flexibility index (Phi) is 3.52. The average Bonchev–Trinajstić information content (AvgIpc) is 2.94. The first kappa shape index (κ1) is 13.5. The second kappa shape index (κ2) is 4.96. The maximum atomic E-state index is 12.1. The van der Waals surface area contributed by atoms with Crippen molar-refractivity contribution in [2.24, 2.45) is 0 Å². The van der Waals surface area contributed by atoms with Crippen LogP contribution in [-0.2, 0) is 4.79 Å². The zero-order chi connectivity index (χ0) is 14.2. The molecule has 8 nitrogen and oxygen atoms in total. The van der Waals surface area contributed by atoms with E-state index >= 15 is 0 Å². The molecule has 1 aromatic heterocycles. The summed E-state index contributed by atoms with van der Waals surface area (Å²) < 4.78 is 0. The number of hydrogen-bond acceptors (Lipinski definition) is 5. The Bertz CT molecular complexity index is 499. The van der Waals surface area contributed by atoms with Crippen LogP contribution in [0.5, 0.6) is 0 Å². The second-order valence-corrected chi connectivity index (χ2v) is 4.90. The molecule has 0 aliphatic carbocycles.